The molecule has 0 radical (unpaired) electrons. The molecule has 2 rings (SSSR count). The fourth-order valence-electron chi connectivity index (χ4n) is 1.20. The average molecular weight is 171 g/mol. The van der Waals surface area contributed by atoms with Crippen molar-refractivity contribution in [3.05, 3.63) is 18.2 Å². The van der Waals surface area contributed by atoms with Crippen molar-refractivity contribution in [3.63, 3.8) is 0 Å². The summed E-state index contributed by atoms with van der Waals surface area (Å²) in [5.41, 5.74) is 1.14. The Morgan fingerprint density at radius 2 is 2.45 bits per heavy atom. The van der Waals surface area contributed by atoms with Crippen molar-refractivity contribution in [2.24, 2.45) is 5.92 Å². The molecular formula is C8H11ClN2. The lowest BCUT2D eigenvalue weighted by Gasteiger charge is -2.02. The molecule has 11 heavy (non-hydrogen) atoms. The SMILES string of the molecule is ClCc1cncn1CC1CC1. The summed E-state index contributed by atoms with van der Waals surface area (Å²) in [7, 11) is 0. The summed E-state index contributed by atoms with van der Waals surface area (Å²) in [6, 6.07) is 0. The molecule has 3 heteroatoms. The predicted molar refractivity (Wildman–Crippen MR) is 44.5 cm³/mol. The fraction of sp³-hybridized carbons (Fsp3) is 0.625. The van der Waals surface area contributed by atoms with Gasteiger partial charge in [-0.05, 0) is 18.8 Å². The third kappa shape index (κ3) is 1.56. The first-order valence-corrected chi connectivity index (χ1v) is 4.48. The van der Waals surface area contributed by atoms with Crippen LogP contribution in [0.3, 0.4) is 0 Å². The Kier molecular flexibility index (Phi) is 1.86. The van der Waals surface area contributed by atoms with E-state index in [1.54, 1.807) is 0 Å². The van der Waals surface area contributed by atoms with E-state index in [0.29, 0.717) is 5.88 Å². The summed E-state index contributed by atoms with van der Waals surface area (Å²) in [4.78, 5) is 4.05. The number of imidazole rings is 1. The molecule has 0 atom stereocenters. The summed E-state index contributed by atoms with van der Waals surface area (Å²) in [5.74, 6) is 1.47. The Bertz CT molecular complexity index is 240. The molecule has 1 saturated carbocycles. The van der Waals surface area contributed by atoms with Gasteiger partial charge >= 0.3 is 0 Å². The largest absolute Gasteiger partial charge is 0.333 e. The zero-order chi connectivity index (χ0) is 7.68. The molecule has 0 bridgehead atoms. The first-order valence-electron chi connectivity index (χ1n) is 3.95. The van der Waals surface area contributed by atoms with Gasteiger partial charge in [0.1, 0.15) is 0 Å². The molecule has 0 unspecified atom stereocenters. The van der Waals surface area contributed by atoms with Crippen molar-refractivity contribution in [1.82, 2.24) is 9.55 Å². The highest BCUT2D eigenvalue weighted by molar-refractivity contribution is 6.16. The second-order valence-electron chi connectivity index (χ2n) is 3.11. The molecule has 60 valence electrons. The molecule has 0 spiro atoms. The lowest BCUT2D eigenvalue weighted by molar-refractivity contribution is 0.611. The standard InChI is InChI=1S/C8H11ClN2/c9-3-8-4-10-6-11(8)5-7-1-2-7/h4,6-7H,1-3,5H2. The number of nitrogens with zero attached hydrogens (tertiary/aromatic N) is 2. The molecule has 0 saturated heterocycles. The molecule has 0 amide bonds. The zero-order valence-corrected chi connectivity index (χ0v) is 7.09. The molecule has 0 N–H and O–H groups in total. The van der Waals surface area contributed by atoms with Crippen LogP contribution in [0.5, 0.6) is 0 Å². The van der Waals surface area contributed by atoms with Gasteiger partial charge in [-0.3, -0.25) is 0 Å². The first-order chi connectivity index (χ1) is 5.40. The minimum atomic E-state index is 0.576. The van der Waals surface area contributed by atoms with E-state index in [0.717, 1.165) is 18.2 Å². The average Bonchev–Trinajstić information content (AvgIpc) is 2.68. The molecule has 1 fully saturated rings. The minimum absolute atomic E-state index is 0.576. The number of halogens is 1. The van der Waals surface area contributed by atoms with Crippen LogP contribution in [0.25, 0.3) is 0 Å². The van der Waals surface area contributed by atoms with Crippen molar-refractivity contribution in [2.45, 2.75) is 25.3 Å². The van der Waals surface area contributed by atoms with Crippen LogP contribution in [0.2, 0.25) is 0 Å². The normalized spacial score (nSPS) is 17.2. The van der Waals surface area contributed by atoms with Gasteiger partial charge in [-0.25, -0.2) is 4.98 Å². The predicted octanol–water partition coefficient (Wildman–Crippen LogP) is 2.03. The van der Waals surface area contributed by atoms with Gasteiger partial charge in [0.25, 0.3) is 0 Å². The van der Waals surface area contributed by atoms with Gasteiger partial charge < -0.3 is 4.57 Å². The highest BCUT2D eigenvalue weighted by atomic mass is 35.5. The van der Waals surface area contributed by atoms with Crippen molar-refractivity contribution in [1.29, 1.82) is 0 Å². The summed E-state index contributed by atoms with van der Waals surface area (Å²) >= 11 is 5.72. The number of hydrogen-bond donors (Lipinski definition) is 0. The van der Waals surface area contributed by atoms with E-state index in [2.05, 4.69) is 9.55 Å². The lowest BCUT2D eigenvalue weighted by atomic mass is 10.4. The Labute approximate surface area is 71.2 Å². The maximum absolute atomic E-state index is 5.72. The molecule has 1 aromatic rings. The number of aromatic nitrogens is 2. The van der Waals surface area contributed by atoms with Crippen molar-refractivity contribution < 1.29 is 0 Å². The first kappa shape index (κ1) is 7.17. The minimum Gasteiger partial charge on any atom is -0.333 e. The summed E-state index contributed by atoms with van der Waals surface area (Å²) in [6.07, 6.45) is 6.46. The molecule has 0 aromatic carbocycles. The summed E-state index contributed by atoms with van der Waals surface area (Å²) in [6.45, 7) is 1.11. The Morgan fingerprint density at radius 1 is 1.64 bits per heavy atom. The Balaban J connectivity index is 2.07. The molecule has 1 aliphatic rings. The third-order valence-corrected chi connectivity index (χ3v) is 2.36. The van der Waals surface area contributed by atoms with Gasteiger partial charge in [-0.2, -0.15) is 0 Å². The van der Waals surface area contributed by atoms with Crippen LogP contribution in [0, 0.1) is 5.92 Å². The molecule has 2 nitrogen and oxygen atoms in total. The van der Waals surface area contributed by atoms with E-state index >= 15 is 0 Å². The van der Waals surface area contributed by atoms with E-state index in [4.69, 9.17) is 11.6 Å². The molecule has 0 aliphatic heterocycles. The maximum Gasteiger partial charge on any atom is 0.0948 e. The Hall–Kier alpha value is -0.500. The highest BCUT2D eigenvalue weighted by Gasteiger charge is 2.22. The number of rotatable bonds is 3. The quantitative estimate of drug-likeness (QED) is 0.635. The maximum atomic E-state index is 5.72. The van der Waals surface area contributed by atoms with Crippen LogP contribution in [0.4, 0.5) is 0 Å². The molecule has 1 aromatic heterocycles. The fourth-order valence-corrected chi connectivity index (χ4v) is 1.42. The molecular weight excluding hydrogens is 160 g/mol. The second kappa shape index (κ2) is 2.86. The van der Waals surface area contributed by atoms with Gasteiger partial charge in [0, 0.05) is 12.7 Å². The monoisotopic (exact) mass is 170 g/mol. The molecule has 1 heterocycles. The van der Waals surface area contributed by atoms with Gasteiger partial charge in [0.15, 0.2) is 0 Å². The zero-order valence-electron chi connectivity index (χ0n) is 6.33. The van der Waals surface area contributed by atoms with Gasteiger partial charge in [0.05, 0.1) is 17.9 Å². The van der Waals surface area contributed by atoms with Gasteiger partial charge in [0.2, 0.25) is 0 Å². The van der Waals surface area contributed by atoms with Crippen LogP contribution in [-0.4, -0.2) is 9.55 Å². The van der Waals surface area contributed by atoms with Crippen molar-refractivity contribution in [2.75, 3.05) is 0 Å². The number of hydrogen-bond acceptors (Lipinski definition) is 1. The lowest BCUT2D eigenvalue weighted by Crippen LogP contribution is -2.01. The van der Waals surface area contributed by atoms with Crippen LogP contribution in [-0.2, 0) is 12.4 Å². The van der Waals surface area contributed by atoms with Crippen molar-refractivity contribution >= 4 is 11.6 Å². The Morgan fingerprint density at radius 3 is 3.09 bits per heavy atom. The van der Waals surface area contributed by atoms with Crippen LogP contribution >= 0.6 is 11.6 Å². The summed E-state index contributed by atoms with van der Waals surface area (Å²) in [5, 5.41) is 0. The van der Waals surface area contributed by atoms with Crippen LogP contribution < -0.4 is 0 Å². The van der Waals surface area contributed by atoms with Gasteiger partial charge in [-0.15, -0.1) is 11.6 Å². The topological polar surface area (TPSA) is 17.8 Å². The smallest absolute Gasteiger partial charge is 0.0948 e. The molecule has 1 aliphatic carbocycles. The van der Waals surface area contributed by atoms with Crippen LogP contribution in [0.15, 0.2) is 12.5 Å². The van der Waals surface area contributed by atoms with E-state index < -0.39 is 0 Å². The van der Waals surface area contributed by atoms with Gasteiger partial charge in [-0.1, -0.05) is 0 Å². The van der Waals surface area contributed by atoms with E-state index in [1.165, 1.54) is 12.8 Å². The highest BCUT2D eigenvalue weighted by Crippen LogP contribution is 2.30. The van der Waals surface area contributed by atoms with E-state index in [9.17, 15) is 0 Å². The summed E-state index contributed by atoms with van der Waals surface area (Å²) < 4.78 is 2.16. The second-order valence-corrected chi connectivity index (χ2v) is 3.38. The van der Waals surface area contributed by atoms with E-state index in [1.807, 2.05) is 12.5 Å². The van der Waals surface area contributed by atoms with Crippen LogP contribution in [0.1, 0.15) is 18.5 Å². The van der Waals surface area contributed by atoms with E-state index in [-0.39, 0.29) is 0 Å². The van der Waals surface area contributed by atoms with Crippen molar-refractivity contribution in [3.8, 4) is 0 Å². The third-order valence-electron chi connectivity index (χ3n) is 2.09. The number of alkyl halides is 1.